The number of hydrogen-bond donors (Lipinski definition) is 1. The smallest absolute Gasteiger partial charge is 0.361 e. The van der Waals surface area contributed by atoms with Crippen molar-refractivity contribution < 1.29 is 9.53 Å². The summed E-state index contributed by atoms with van der Waals surface area (Å²) in [7, 11) is 0. The monoisotopic (exact) mass is 263 g/mol. The number of aryl methyl sites for hydroxylation is 1. The van der Waals surface area contributed by atoms with Crippen LogP contribution < -0.4 is 0 Å². The van der Waals surface area contributed by atoms with E-state index in [1.54, 1.807) is 37.7 Å². The van der Waals surface area contributed by atoms with Crippen molar-refractivity contribution in [1.29, 1.82) is 0 Å². The van der Waals surface area contributed by atoms with Gasteiger partial charge in [-0.15, -0.1) is 5.10 Å². The molecule has 2 aromatic rings. The average Bonchev–Trinajstić information content (AvgIpc) is 2.94. The molecule has 0 bridgehead atoms. The lowest BCUT2D eigenvalue weighted by molar-refractivity contribution is 0.00637. The number of nitrogens with one attached hydrogen (secondary N) is 1. The Morgan fingerprint density at radius 1 is 1.42 bits per heavy atom. The van der Waals surface area contributed by atoms with Crippen LogP contribution in [-0.2, 0) is 11.3 Å². The van der Waals surface area contributed by atoms with E-state index >= 15 is 0 Å². The first-order valence-corrected chi connectivity index (χ1v) is 6.08. The van der Waals surface area contributed by atoms with Crippen molar-refractivity contribution in [2.75, 3.05) is 0 Å². The molecule has 7 nitrogen and oxygen atoms in total. The van der Waals surface area contributed by atoms with Crippen LogP contribution in [0.25, 0.3) is 11.4 Å². The third-order valence-corrected chi connectivity index (χ3v) is 2.40. The van der Waals surface area contributed by atoms with Crippen LogP contribution >= 0.6 is 0 Å². The van der Waals surface area contributed by atoms with Gasteiger partial charge in [0.2, 0.25) is 0 Å². The molecule has 0 fully saturated rings. The molecule has 0 saturated heterocycles. The third kappa shape index (κ3) is 2.81. The number of hydrogen-bond acceptors (Lipinski definition) is 5. The number of aromatic amines is 1. The topological polar surface area (TPSA) is 85.7 Å². The lowest BCUT2D eigenvalue weighted by Crippen LogP contribution is -2.24. The van der Waals surface area contributed by atoms with Gasteiger partial charge in [0, 0.05) is 12.7 Å². The maximum atomic E-state index is 12.1. The van der Waals surface area contributed by atoms with Crippen LogP contribution in [0.4, 0.5) is 0 Å². The van der Waals surface area contributed by atoms with Crippen molar-refractivity contribution in [3.8, 4) is 11.4 Å². The van der Waals surface area contributed by atoms with E-state index in [2.05, 4.69) is 20.5 Å². The lowest BCUT2D eigenvalue weighted by atomic mass is 10.2. The SMILES string of the molecule is CCn1nccc1-c1n[nH]nc1C(=O)OC(C)(C)C. The second-order valence-electron chi connectivity index (χ2n) is 5.05. The van der Waals surface area contributed by atoms with Gasteiger partial charge in [0.05, 0.1) is 5.69 Å². The molecule has 0 spiro atoms. The molecule has 0 aliphatic heterocycles. The van der Waals surface area contributed by atoms with Gasteiger partial charge in [0.25, 0.3) is 0 Å². The maximum absolute atomic E-state index is 12.1. The van der Waals surface area contributed by atoms with E-state index in [4.69, 9.17) is 4.74 Å². The fraction of sp³-hybridized carbons (Fsp3) is 0.500. The molecule has 0 atom stereocenters. The van der Waals surface area contributed by atoms with Gasteiger partial charge in [-0.2, -0.15) is 15.4 Å². The Morgan fingerprint density at radius 2 is 2.16 bits per heavy atom. The summed E-state index contributed by atoms with van der Waals surface area (Å²) in [6.07, 6.45) is 1.66. The first-order chi connectivity index (χ1) is 8.92. The quantitative estimate of drug-likeness (QED) is 0.851. The van der Waals surface area contributed by atoms with Crippen LogP contribution in [0.2, 0.25) is 0 Å². The van der Waals surface area contributed by atoms with Gasteiger partial charge in [-0.3, -0.25) is 4.68 Å². The van der Waals surface area contributed by atoms with Crippen LogP contribution in [0.15, 0.2) is 12.3 Å². The Kier molecular flexibility index (Phi) is 3.37. The Balaban J connectivity index is 2.35. The Bertz CT molecular complexity index is 579. The zero-order valence-corrected chi connectivity index (χ0v) is 11.5. The molecule has 0 amide bonds. The molecule has 2 aromatic heterocycles. The third-order valence-electron chi connectivity index (χ3n) is 2.40. The summed E-state index contributed by atoms with van der Waals surface area (Å²) in [6, 6.07) is 1.79. The molecule has 0 radical (unpaired) electrons. The molecule has 0 aromatic carbocycles. The summed E-state index contributed by atoms with van der Waals surface area (Å²) in [5, 5.41) is 14.5. The normalized spacial score (nSPS) is 11.6. The van der Waals surface area contributed by atoms with E-state index in [9.17, 15) is 4.79 Å². The van der Waals surface area contributed by atoms with E-state index in [1.807, 2.05) is 6.92 Å². The molecule has 2 heterocycles. The first kappa shape index (κ1) is 13.3. The van der Waals surface area contributed by atoms with E-state index in [0.29, 0.717) is 12.2 Å². The molecule has 0 saturated carbocycles. The lowest BCUT2D eigenvalue weighted by Gasteiger charge is -2.18. The fourth-order valence-electron chi connectivity index (χ4n) is 1.66. The molecule has 19 heavy (non-hydrogen) atoms. The van der Waals surface area contributed by atoms with E-state index in [0.717, 1.165) is 5.69 Å². The number of ether oxygens (including phenoxy) is 1. The van der Waals surface area contributed by atoms with E-state index in [1.165, 1.54) is 0 Å². The van der Waals surface area contributed by atoms with Gasteiger partial charge in [-0.25, -0.2) is 4.79 Å². The Morgan fingerprint density at radius 3 is 2.79 bits per heavy atom. The standard InChI is InChI=1S/C12H17N5O2/c1-5-17-8(6-7-13-17)9-10(15-16-14-9)11(18)19-12(2,3)4/h6-7H,5H2,1-4H3,(H,14,15,16). The second-order valence-corrected chi connectivity index (χ2v) is 5.05. The summed E-state index contributed by atoms with van der Waals surface area (Å²) >= 11 is 0. The summed E-state index contributed by atoms with van der Waals surface area (Å²) in [4.78, 5) is 12.1. The number of aromatic nitrogens is 5. The van der Waals surface area contributed by atoms with Gasteiger partial charge >= 0.3 is 5.97 Å². The highest BCUT2D eigenvalue weighted by atomic mass is 16.6. The number of carbonyl (C=O) groups excluding carboxylic acids is 1. The van der Waals surface area contributed by atoms with Gasteiger partial charge < -0.3 is 4.74 Å². The Labute approximate surface area is 111 Å². The number of H-pyrrole nitrogens is 1. The highest BCUT2D eigenvalue weighted by Gasteiger charge is 2.25. The Hall–Kier alpha value is -2.18. The molecular weight excluding hydrogens is 246 g/mol. The summed E-state index contributed by atoms with van der Waals surface area (Å²) in [6.45, 7) is 8.07. The predicted octanol–water partition coefficient (Wildman–Crippen LogP) is 1.64. The second kappa shape index (κ2) is 4.83. The number of carbonyl (C=O) groups is 1. The molecular formula is C12H17N5O2. The van der Waals surface area contributed by atoms with E-state index in [-0.39, 0.29) is 5.69 Å². The average molecular weight is 263 g/mol. The van der Waals surface area contributed by atoms with Gasteiger partial charge in [-0.1, -0.05) is 0 Å². The molecule has 0 aliphatic carbocycles. The van der Waals surface area contributed by atoms with Crippen molar-refractivity contribution >= 4 is 5.97 Å². The minimum absolute atomic E-state index is 0.171. The highest BCUT2D eigenvalue weighted by molar-refractivity contribution is 5.93. The summed E-state index contributed by atoms with van der Waals surface area (Å²) in [5.41, 5.74) is 0.786. The largest absolute Gasteiger partial charge is 0.455 e. The maximum Gasteiger partial charge on any atom is 0.361 e. The van der Waals surface area contributed by atoms with Crippen LogP contribution in [0.3, 0.4) is 0 Å². The molecule has 0 aliphatic rings. The van der Waals surface area contributed by atoms with Crippen molar-refractivity contribution in [3.05, 3.63) is 18.0 Å². The molecule has 7 heteroatoms. The van der Waals surface area contributed by atoms with Gasteiger partial charge in [0.1, 0.15) is 11.3 Å². The van der Waals surface area contributed by atoms with Crippen molar-refractivity contribution in [1.82, 2.24) is 25.2 Å². The molecule has 2 rings (SSSR count). The number of esters is 1. The zero-order valence-electron chi connectivity index (χ0n) is 11.5. The van der Waals surface area contributed by atoms with Gasteiger partial charge in [0.15, 0.2) is 5.69 Å². The van der Waals surface area contributed by atoms with Crippen molar-refractivity contribution in [2.24, 2.45) is 0 Å². The molecule has 0 unspecified atom stereocenters. The zero-order chi connectivity index (χ0) is 14.0. The summed E-state index contributed by atoms with van der Waals surface area (Å²) in [5.74, 6) is -0.500. The van der Waals surface area contributed by atoms with Crippen LogP contribution in [0.1, 0.15) is 38.2 Å². The van der Waals surface area contributed by atoms with E-state index < -0.39 is 11.6 Å². The minimum Gasteiger partial charge on any atom is -0.455 e. The molecule has 1 N–H and O–H groups in total. The fourth-order valence-corrected chi connectivity index (χ4v) is 1.66. The van der Waals surface area contributed by atoms with Crippen LogP contribution in [-0.4, -0.2) is 36.8 Å². The van der Waals surface area contributed by atoms with Crippen molar-refractivity contribution in [2.45, 2.75) is 39.8 Å². The summed E-state index contributed by atoms with van der Waals surface area (Å²) < 4.78 is 7.05. The van der Waals surface area contributed by atoms with Crippen LogP contribution in [0, 0.1) is 0 Å². The van der Waals surface area contributed by atoms with Crippen LogP contribution in [0.5, 0.6) is 0 Å². The van der Waals surface area contributed by atoms with Crippen molar-refractivity contribution in [3.63, 3.8) is 0 Å². The van der Waals surface area contributed by atoms with Gasteiger partial charge in [-0.05, 0) is 33.8 Å². The minimum atomic E-state index is -0.571. The number of rotatable bonds is 3. The first-order valence-electron chi connectivity index (χ1n) is 6.08. The molecule has 102 valence electrons. The highest BCUT2D eigenvalue weighted by Crippen LogP contribution is 2.21. The predicted molar refractivity (Wildman–Crippen MR) is 68.4 cm³/mol. The number of nitrogens with zero attached hydrogens (tertiary/aromatic N) is 4.